The van der Waals surface area contributed by atoms with Crippen LogP contribution in [0.15, 0.2) is 5.10 Å². The zero-order chi connectivity index (χ0) is 8.72. The second kappa shape index (κ2) is 2.73. The number of rotatable bonds is 1. The molecule has 0 aromatic carbocycles. The molecule has 1 fully saturated rings. The summed E-state index contributed by atoms with van der Waals surface area (Å²) in [4.78, 5) is 11.5. The minimum absolute atomic E-state index is 0.151. The van der Waals surface area contributed by atoms with Gasteiger partial charge in [-0.25, -0.2) is 5.01 Å². The standard InChI is InChI=1S/C8H11ClN2O/c1-5-4-7(9)10-11(5)8(12)6-2-3-6/h5-6H,2-4H2,1H3. The summed E-state index contributed by atoms with van der Waals surface area (Å²) in [6, 6.07) is 0.158. The van der Waals surface area contributed by atoms with Gasteiger partial charge in [0.05, 0.1) is 6.04 Å². The Labute approximate surface area is 76.4 Å². The molecular formula is C8H11ClN2O. The SMILES string of the molecule is CC1CC(Cl)=NN1C(=O)C1CC1. The molecule has 3 nitrogen and oxygen atoms in total. The summed E-state index contributed by atoms with van der Waals surface area (Å²) >= 11 is 5.73. The number of amides is 1. The van der Waals surface area contributed by atoms with Crippen LogP contribution in [0.4, 0.5) is 0 Å². The van der Waals surface area contributed by atoms with Gasteiger partial charge < -0.3 is 0 Å². The molecule has 0 saturated heterocycles. The van der Waals surface area contributed by atoms with Crippen LogP contribution in [0.5, 0.6) is 0 Å². The third kappa shape index (κ3) is 1.33. The fraction of sp³-hybridized carbons (Fsp3) is 0.750. The molecule has 1 aliphatic carbocycles. The van der Waals surface area contributed by atoms with Crippen molar-refractivity contribution in [3.63, 3.8) is 0 Å². The van der Waals surface area contributed by atoms with Gasteiger partial charge in [-0.15, -0.1) is 0 Å². The summed E-state index contributed by atoms with van der Waals surface area (Å²) in [6.45, 7) is 1.97. The van der Waals surface area contributed by atoms with Crippen molar-refractivity contribution in [1.82, 2.24) is 5.01 Å². The molecular weight excluding hydrogens is 176 g/mol. The van der Waals surface area contributed by atoms with Crippen LogP contribution in [0, 0.1) is 5.92 Å². The van der Waals surface area contributed by atoms with Crippen LogP contribution in [-0.4, -0.2) is 22.1 Å². The molecule has 0 bridgehead atoms. The van der Waals surface area contributed by atoms with E-state index < -0.39 is 0 Å². The molecule has 1 atom stereocenters. The Morgan fingerprint density at radius 3 is 2.75 bits per heavy atom. The Kier molecular flexibility index (Phi) is 1.83. The van der Waals surface area contributed by atoms with Crippen LogP contribution in [0.3, 0.4) is 0 Å². The topological polar surface area (TPSA) is 32.7 Å². The normalized spacial score (nSPS) is 29.0. The van der Waals surface area contributed by atoms with Crippen molar-refractivity contribution in [2.75, 3.05) is 0 Å². The smallest absolute Gasteiger partial charge is 0.246 e. The van der Waals surface area contributed by atoms with Gasteiger partial charge in [0, 0.05) is 12.3 Å². The lowest BCUT2D eigenvalue weighted by molar-refractivity contribution is -0.133. The number of carbonyl (C=O) groups is 1. The first-order chi connectivity index (χ1) is 5.68. The van der Waals surface area contributed by atoms with Crippen molar-refractivity contribution in [3.05, 3.63) is 0 Å². The van der Waals surface area contributed by atoms with Crippen LogP contribution in [0.25, 0.3) is 0 Å². The fourth-order valence-electron chi connectivity index (χ4n) is 1.37. The zero-order valence-corrected chi connectivity index (χ0v) is 7.71. The first kappa shape index (κ1) is 8.05. The van der Waals surface area contributed by atoms with E-state index in [0.717, 1.165) is 12.8 Å². The molecule has 1 unspecified atom stereocenters. The van der Waals surface area contributed by atoms with Crippen molar-refractivity contribution in [3.8, 4) is 0 Å². The summed E-state index contributed by atoms with van der Waals surface area (Å²) < 4.78 is 0. The van der Waals surface area contributed by atoms with E-state index in [9.17, 15) is 4.79 Å². The molecule has 0 N–H and O–H groups in total. The lowest BCUT2D eigenvalue weighted by Gasteiger charge is -2.16. The second-order valence-corrected chi connectivity index (χ2v) is 3.92. The molecule has 4 heteroatoms. The minimum atomic E-state index is 0.151. The first-order valence-electron chi connectivity index (χ1n) is 4.24. The third-order valence-corrected chi connectivity index (χ3v) is 2.48. The molecule has 0 radical (unpaired) electrons. The molecule has 0 aromatic heterocycles. The summed E-state index contributed by atoms with van der Waals surface area (Å²) in [7, 11) is 0. The van der Waals surface area contributed by atoms with E-state index in [-0.39, 0.29) is 17.9 Å². The van der Waals surface area contributed by atoms with Crippen molar-refractivity contribution in [2.45, 2.75) is 32.2 Å². The molecule has 66 valence electrons. The van der Waals surface area contributed by atoms with E-state index in [1.165, 1.54) is 0 Å². The highest BCUT2D eigenvalue weighted by molar-refractivity contribution is 6.65. The van der Waals surface area contributed by atoms with Gasteiger partial charge in [-0.3, -0.25) is 4.79 Å². The highest BCUT2D eigenvalue weighted by atomic mass is 35.5. The maximum absolute atomic E-state index is 11.5. The average molecular weight is 187 g/mol. The maximum Gasteiger partial charge on any atom is 0.246 e. The van der Waals surface area contributed by atoms with Crippen LogP contribution >= 0.6 is 11.6 Å². The van der Waals surface area contributed by atoms with Crippen LogP contribution in [-0.2, 0) is 4.79 Å². The number of hydrogen-bond donors (Lipinski definition) is 0. The van der Waals surface area contributed by atoms with Gasteiger partial charge in [-0.1, -0.05) is 11.6 Å². The highest BCUT2D eigenvalue weighted by Crippen LogP contribution is 2.33. The Balaban J connectivity index is 2.07. The van der Waals surface area contributed by atoms with E-state index in [0.29, 0.717) is 11.6 Å². The average Bonchev–Trinajstić information content (AvgIpc) is 2.77. The molecule has 1 saturated carbocycles. The molecule has 1 aliphatic heterocycles. The van der Waals surface area contributed by atoms with E-state index in [1.807, 2.05) is 6.92 Å². The Hall–Kier alpha value is -0.570. The van der Waals surface area contributed by atoms with Crippen molar-refractivity contribution < 1.29 is 4.79 Å². The molecule has 1 amide bonds. The largest absolute Gasteiger partial charge is 0.273 e. The number of hydrazone groups is 1. The van der Waals surface area contributed by atoms with Gasteiger partial charge in [-0.05, 0) is 19.8 Å². The number of hydrogen-bond acceptors (Lipinski definition) is 2. The quantitative estimate of drug-likeness (QED) is 0.612. The maximum atomic E-state index is 11.5. The van der Waals surface area contributed by atoms with Gasteiger partial charge in [0.25, 0.3) is 0 Å². The number of carbonyl (C=O) groups excluding carboxylic acids is 1. The Morgan fingerprint density at radius 1 is 1.67 bits per heavy atom. The van der Waals surface area contributed by atoms with Gasteiger partial charge >= 0.3 is 0 Å². The Morgan fingerprint density at radius 2 is 2.33 bits per heavy atom. The van der Waals surface area contributed by atoms with Gasteiger partial charge in [0.1, 0.15) is 5.17 Å². The van der Waals surface area contributed by atoms with E-state index in [2.05, 4.69) is 5.10 Å². The van der Waals surface area contributed by atoms with Crippen molar-refractivity contribution in [2.24, 2.45) is 11.0 Å². The number of halogens is 1. The number of nitrogens with zero attached hydrogens (tertiary/aromatic N) is 2. The lowest BCUT2D eigenvalue weighted by atomic mass is 10.2. The summed E-state index contributed by atoms with van der Waals surface area (Å²) in [5.41, 5.74) is 0. The van der Waals surface area contributed by atoms with Crippen molar-refractivity contribution >= 4 is 22.7 Å². The monoisotopic (exact) mass is 186 g/mol. The van der Waals surface area contributed by atoms with E-state index in [4.69, 9.17) is 11.6 Å². The molecule has 0 aromatic rings. The zero-order valence-electron chi connectivity index (χ0n) is 6.96. The molecule has 12 heavy (non-hydrogen) atoms. The Bertz CT molecular complexity index is 247. The molecule has 1 heterocycles. The summed E-state index contributed by atoms with van der Waals surface area (Å²) in [6.07, 6.45) is 2.75. The van der Waals surface area contributed by atoms with Crippen LogP contribution < -0.4 is 0 Å². The van der Waals surface area contributed by atoms with Gasteiger partial charge in [0.15, 0.2) is 0 Å². The molecule has 0 spiro atoms. The first-order valence-corrected chi connectivity index (χ1v) is 4.62. The van der Waals surface area contributed by atoms with E-state index >= 15 is 0 Å². The second-order valence-electron chi connectivity index (χ2n) is 3.49. The molecule has 2 aliphatic rings. The fourth-order valence-corrected chi connectivity index (χ4v) is 1.68. The van der Waals surface area contributed by atoms with Crippen molar-refractivity contribution in [1.29, 1.82) is 0 Å². The minimum Gasteiger partial charge on any atom is -0.273 e. The van der Waals surface area contributed by atoms with Gasteiger partial charge in [0.2, 0.25) is 5.91 Å². The van der Waals surface area contributed by atoms with Crippen LogP contribution in [0.1, 0.15) is 26.2 Å². The predicted molar refractivity (Wildman–Crippen MR) is 46.9 cm³/mol. The molecule has 2 rings (SSSR count). The van der Waals surface area contributed by atoms with Gasteiger partial charge in [-0.2, -0.15) is 5.10 Å². The summed E-state index contributed by atoms with van der Waals surface area (Å²) in [5.74, 6) is 0.386. The highest BCUT2D eigenvalue weighted by Gasteiger charge is 2.37. The third-order valence-electron chi connectivity index (χ3n) is 2.25. The van der Waals surface area contributed by atoms with E-state index in [1.54, 1.807) is 5.01 Å². The predicted octanol–water partition coefficient (Wildman–Crippen LogP) is 1.57. The summed E-state index contributed by atoms with van der Waals surface area (Å²) in [5, 5.41) is 6.09. The lowest BCUT2D eigenvalue weighted by Crippen LogP contribution is -2.31. The van der Waals surface area contributed by atoms with Crippen LogP contribution in [0.2, 0.25) is 0 Å².